The van der Waals surface area contributed by atoms with E-state index in [9.17, 15) is 0 Å². The van der Waals surface area contributed by atoms with Gasteiger partial charge < -0.3 is 10.6 Å². The van der Waals surface area contributed by atoms with Crippen LogP contribution in [0.5, 0.6) is 0 Å². The molecule has 108 valence electrons. The molecule has 0 aliphatic heterocycles. The zero-order valence-electron chi connectivity index (χ0n) is 11.6. The highest BCUT2D eigenvalue weighted by molar-refractivity contribution is 7.99. The molecular weight excluding hydrogens is 290 g/mol. The van der Waals surface area contributed by atoms with Gasteiger partial charge >= 0.3 is 0 Å². The van der Waals surface area contributed by atoms with Crippen LogP contribution in [0.25, 0.3) is 0 Å². The molecule has 1 aliphatic carbocycles. The standard InChI is InChI=1S/C15H20ClN3S/c1-17-15(19-13-4-2-3-5-13)18-10-11-20-14-8-6-12(16)7-9-14/h2-3,6-9,13H,4-5,10-11H2,1H3,(H2,17,18,19). The van der Waals surface area contributed by atoms with Crippen LogP contribution in [-0.2, 0) is 0 Å². The molecule has 0 atom stereocenters. The highest BCUT2D eigenvalue weighted by atomic mass is 35.5. The molecule has 2 rings (SSSR count). The summed E-state index contributed by atoms with van der Waals surface area (Å²) in [5.41, 5.74) is 0. The van der Waals surface area contributed by atoms with E-state index in [0.29, 0.717) is 6.04 Å². The summed E-state index contributed by atoms with van der Waals surface area (Å²) in [6, 6.07) is 8.43. The topological polar surface area (TPSA) is 36.4 Å². The zero-order valence-corrected chi connectivity index (χ0v) is 13.2. The molecule has 2 N–H and O–H groups in total. The van der Waals surface area contributed by atoms with E-state index in [-0.39, 0.29) is 0 Å². The van der Waals surface area contributed by atoms with E-state index < -0.39 is 0 Å². The third-order valence-electron chi connectivity index (χ3n) is 3.05. The molecule has 1 aromatic carbocycles. The smallest absolute Gasteiger partial charge is 0.191 e. The summed E-state index contributed by atoms with van der Waals surface area (Å²) in [5, 5.41) is 7.54. The van der Waals surface area contributed by atoms with Gasteiger partial charge in [-0.1, -0.05) is 23.8 Å². The van der Waals surface area contributed by atoms with Crippen molar-refractivity contribution in [1.29, 1.82) is 0 Å². The minimum Gasteiger partial charge on any atom is -0.356 e. The number of nitrogens with one attached hydrogen (secondary N) is 2. The van der Waals surface area contributed by atoms with Crippen molar-refractivity contribution in [3.8, 4) is 0 Å². The van der Waals surface area contributed by atoms with Crippen LogP contribution in [0.4, 0.5) is 0 Å². The van der Waals surface area contributed by atoms with Gasteiger partial charge in [0.1, 0.15) is 0 Å². The van der Waals surface area contributed by atoms with Gasteiger partial charge in [-0.25, -0.2) is 0 Å². The summed E-state index contributed by atoms with van der Waals surface area (Å²) in [4.78, 5) is 5.48. The minimum atomic E-state index is 0.491. The molecule has 0 unspecified atom stereocenters. The van der Waals surface area contributed by atoms with Crippen molar-refractivity contribution >= 4 is 29.3 Å². The molecule has 5 heteroatoms. The molecule has 0 spiro atoms. The zero-order chi connectivity index (χ0) is 14.2. The minimum absolute atomic E-state index is 0.491. The van der Waals surface area contributed by atoms with Crippen LogP contribution in [0.1, 0.15) is 12.8 Å². The summed E-state index contributed by atoms with van der Waals surface area (Å²) >= 11 is 7.67. The first kappa shape index (κ1) is 15.3. The van der Waals surface area contributed by atoms with Gasteiger partial charge in [-0.15, -0.1) is 11.8 Å². The molecule has 0 fully saturated rings. The van der Waals surface area contributed by atoms with Gasteiger partial charge in [0.05, 0.1) is 0 Å². The van der Waals surface area contributed by atoms with Gasteiger partial charge in [-0.3, -0.25) is 4.99 Å². The lowest BCUT2D eigenvalue weighted by atomic mass is 10.2. The van der Waals surface area contributed by atoms with E-state index in [0.717, 1.165) is 36.1 Å². The molecule has 0 saturated heterocycles. The Morgan fingerprint density at radius 3 is 2.65 bits per heavy atom. The first-order valence-electron chi connectivity index (χ1n) is 6.78. The Labute approximate surface area is 129 Å². The summed E-state index contributed by atoms with van der Waals surface area (Å²) in [5.74, 6) is 1.88. The van der Waals surface area contributed by atoms with Crippen LogP contribution < -0.4 is 10.6 Å². The normalized spacial score (nSPS) is 15.6. The number of benzene rings is 1. The van der Waals surface area contributed by atoms with E-state index in [1.165, 1.54) is 4.90 Å². The molecule has 0 amide bonds. The van der Waals surface area contributed by atoms with Crippen molar-refractivity contribution in [2.45, 2.75) is 23.8 Å². The van der Waals surface area contributed by atoms with Crippen LogP contribution in [0.15, 0.2) is 46.3 Å². The van der Waals surface area contributed by atoms with Gasteiger partial charge in [-0.05, 0) is 37.1 Å². The van der Waals surface area contributed by atoms with Crippen molar-refractivity contribution < 1.29 is 0 Å². The molecule has 20 heavy (non-hydrogen) atoms. The quantitative estimate of drug-likeness (QED) is 0.288. The fraction of sp³-hybridized carbons (Fsp3) is 0.400. The molecule has 1 aliphatic rings. The molecule has 0 bridgehead atoms. The van der Waals surface area contributed by atoms with Gasteiger partial charge in [-0.2, -0.15) is 0 Å². The first-order valence-corrected chi connectivity index (χ1v) is 8.15. The summed E-state index contributed by atoms with van der Waals surface area (Å²) in [6.07, 6.45) is 6.59. The SMILES string of the molecule is CN=C(NCCSc1ccc(Cl)cc1)NC1CC=CC1. The average molecular weight is 310 g/mol. The Bertz CT molecular complexity index is 463. The number of hydrogen-bond acceptors (Lipinski definition) is 2. The third-order valence-corrected chi connectivity index (χ3v) is 4.31. The lowest BCUT2D eigenvalue weighted by Crippen LogP contribution is -2.43. The number of halogens is 1. The first-order chi connectivity index (χ1) is 9.78. The Morgan fingerprint density at radius 1 is 1.30 bits per heavy atom. The van der Waals surface area contributed by atoms with E-state index in [1.54, 1.807) is 0 Å². The average Bonchev–Trinajstić information content (AvgIpc) is 2.97. The van der Waals surface area contributed by atoms with E-state index in [4.69, 9.17) is 11.6 Å². The number of thioether (sulfide) groups is 1. The lowest BCUT2D eigenvalue weighted by Gasteiger charge is -2.16. The highest BCUT2D eigenvalue weighted by Gasteiger charge is 2.11. The van der Waals surface area contributed by atoms with Crippen LogP contribution in [0.2, 0.25) is 5.02 Å². The second kappa shape index (κ2) is 8.22. The predicted octanol–water partition coefficient (Wildman–Crippen LogP) is 3.32. The third kappa shape index (κ3) is 5.10. The van der Waals surface area contributed by atoms with Crippen molar-refractivity contribution in [2.75, 3.05) is 19.3 Å². The predicted molar refractivity (Wildman–Crippen MR) is 88.8 cm³/mol. The Kier molecular flexibility index (Phi) is 6.27. The Morgan fingerprint density at radius 2 is 2.00 bits per heavy atom. The number of guanidine groups is 1. The van der Waals surface area contributed by atoms with Crippen molar-refractivity contribution in [2.24, 2.45) is 4.99 Å². The van der Waals surface area contributed by atoms with Crippen LogP contribution >= 0.6 is 23.4 Å². The fourth-order valence-electron chi connectivity index (χ4n) is 1.99. The van der Waals surface area contributed by atoms with E-state index in [1.807, 2.05) is 43.1 Å². The molecule has 0 radical (unpaired) electrons. The lowest BCUT2D eigenvalue weighted by molar-refractivity contribution is 0.636. The molecule has 0 aromatic heterocycles. The van der Waals surface area contributed by atoms with Gasteiger partial charge in [0.2, 0.25) is 0 Å². The van der Waals surface area contributed by atoms with E-state index in [2.05, 4.69) is 27.8 Å². The van der Waals surface area contributed by atoms with E-state index >= 15 is 0 Å². The molecule has 0 heterocycles. The molecule has 3 nitrogen and oxygen atoms in total. The Hall–Kier alpha value is -1.13. The summed E-state index contributed by atoms with van der Waals surface area (Å²) in [7, 11) is 1.81. The van der Waals surface area contributed by atoms with Crippen molar-refractivity contribution in [1.82, 2.24) is 10.6 Å². The molecule has 1 aromatic rings. The number of rotatable bonds is 5. The van der Waals surface area contributed by atoms with Gasteiger partial charge in [0.15, 0.2) is 5.96 Å². The van der Waals surface area contributed by atoms with Crippen LogP contribution in [0, 0.1) is 0 Å². The van der Waals surface area contributed by atoms with Gasteiger partial charge in [0.25, 0.3) is 0 Å². The second-order valence-electron chi connectivity index (χ2n) is 4.59. The number of hydrogen-bond donors (Lipinski definition) is 2. The second-order valence-corrected chi connectivity index (χ2v) is 6.19. The molecule has 0 saturated carbocycles. The summed E-state index contributed by atoms with van der Waals surface area (Å²) < 4.78 is 0. The number of aliphatic imine (C=N–C) groups is 1. The van der Waals surface area contributed by atoms with Crippen LogP contribution in [0.3, 0.4) is 0 Å². The van der Waals surface area contributed by atoms with Gasteiger partial charge in [0, 0.05) is 35.3 Å². The largest absolute Gasteiger partial charge is 0.356 e. The summed E-state index contributed by atoms with van der Waals surface area (Å²) in [6.45, 7) is 0.882. The maximum absolute atomic E-state index is 5.86. The maximum atomic E-state index is 5.86. The Balaban J connectivity index is 1.65. The fourth-order valence-corrected chi connectivity index (χ4v) is 2.89. The monoisotopic (exact) mass is 309 g/mol. The van der Waals surface area contributed by atoms with Crippen molar-refractivity contribution in [3.05, 3.63) is 41.4 Å². The highest BCUT2D eigenvalue weighted by Crippen LogP contribution is 2.19. The maximum Gasteiger partial charge on any atom is 0.191 e. The molecular formula is C15H20ClN3S. The van der Waals surface area contributed by atoms with Crippen LogP contribution in [-0.4, -0.2) is 31.3 Å². The number of nitrogens with zero attached hydrogens (tertiary/aromatic N) is 1. The van der Waals surface area contributed by atoms with Crippen molar-refractivity contribution in [3.63, 3.8) is 0 Å².